The highest BCUT2D eigenvalue weighted by Crippen LogP contribution is 2.26. The molecule has 1 aliphatic heterocycles. The molecule has 2 aromatic rings. The summed E-state index contributed by atoms with van der Waals surface area (Å²) in [6, 6.07) is 15.6. The van der Waals surface area contributed by atoms with Crippen molar-refractivity contribution >= 4 is 23.4 Å². The number of nitrogens with zero attached hydrogens (tertiary/aromatic N) is 1. The average molecular weight is 495 g/mol. The van der Waals surface area contributed by atoms with Gasteiger partial charge in [-0.1, -0.05) is 82.9 Å². The fraction of sp³-hybridized carbons (Fsp3) is 0.500. The first-order valence-corrected chi connectivity index (χ1v) is 14.3. The van der Waals surface area contributed by atoms with Gasteiger partial charge in [0.1, 0.15) is 5.75 Å². The van der Waals surface area contributed by atoms with E-state index >= 15 is 0 Å². The molecule has 0 aliphatic carbocycles. The summed E-state index contributed by atoms with van der Waals surface area (Å²) in [6.45, 7) is 5.94. The molecule has 35 heavy (non-hydrogen) atoms. The van der Waals surface area contributed by atoms with Crippen LogP contribution in [0.25, 0.3) is 0 Å². The van der Waals surface area contributed by atoms with Crippen molar-refractivity contribution in [2.45, 2.75) is 84.6 Å². The number of ether oxygens (including phenoxy) is 1. The Labute approximate surface area is 216 Å². The zero-order valence-corrected chi connectivity index (χ0v) is 22.4. The van der Waals surface area contributed by atoms with Crippen LogP contribution in [0.5, 0.6) is 5.75 Å². The number of unbranched alkanes of at least 4 members (excludes halogenated alkanes) is 9. The molecule has 0 fully saturated rings. The Balaban J connectivity index is 1.36. The maximum Gasteiger partial charge on any atom is 0.255 e. The maximum atomic E-state index is 12.8. The molecule has 0 aromatic heterocycles. The van der Waals surface area contributed by atoms with Crippen molar-refractivity contribution < 1.29 is 9.53 Å². The van der Waals surface area contributed by atoms with E-state index in [1.54, 1.807) is 0 Å². The van der Waals surface area contributed by atoms with E-state index in [1.807, 2.05) is 48.2 Å². The van der Waals surface area contributed by atoms with E-state index in [0.29, 0.717) is 12.2 Å². The van der Waals surface area contributed by atoms with E-state index in [1.165, 1.54) is 68.3 Å². The lowest BCUT2D eigenvalue weighted by Crippen LogP contribution is -2.14. The second-order valence-corrected chi connectivity index (χ2v) is 10.7. The van der Waals surface area contributed by atoms with Crippen LogP contribution < -0.4 is 10.1 Å². The van der Waals surface area contributed by atoms with E-state index in [-0.39, 0.29) is 5.91 Å². The van der Waals surface area contributed by atoms with Crippen LogP contribution in [0.1, 0.15) is 94.0 Å². The highest BCUT2D eigenvalue weighted by atomic mass is 32.2. The smallest absolute Gasteiger partial charge is 0.255 e. The number of allylic oxidation sites excluding steroid dienone is 1. The van der Waals surface area contributed by atoms with Crippen LogP contribution in [0, 0.1) is 0 Å². The van der Waals surface area contributed by atoms with E-state index in [2.05, 4.69) is 42.4 Å². The molecular formula is C30H42N2O2S. The maximum absolute atomic E-state index is 12.8. The molecule has 1 amide bonds. The van der Waals surface area contributed by atoms with Gasteiger partial charge < -0.3 is 15.0 Å². The van der Waals surface area contributed by atoms with Crippen molar-refractivity contribution in [1.29, 1.82) is 0 Å². The van der Waals surface area contributed by atoms with Gasteiger partial charge in [-0.25, -0.2) is 0 Å². The van der Waals surface area contributed by atoms with Crippen LogP contribution in [-0.4, -0.2) is 23.3 Å². The Morgan fingerprint density at radius 2 is 1.66 bits per heavy atom. The van der Waals surface area contributed by atoms with Gasteiger partial charge in [0, 0.05) is 24.0 Å². The lowest BCUT2D eigenvalue weighted by Gasteiger charge is -2.15. The van der Waals surface area contributed by atoms with Crippen LogP contribution in [0.15, 0.2) is 59.6 Å². The summed E-state index contributed by atoms with van der Waals surface area (Å²) >= 11 is 1.86. The number of benzene rings is 2. The van der Waals surface area contributed by atoms with Crippen molar-refractivity contribution in [2.75, 3.05) is 17.8 Å². The molecule has 1 heterocycles. The van der Waals surface area contributed by atoms with E-state index in [0.717, 1.165) is 30.3 Å². The number of hydrogen-bond donors (Lipinski definition) is 1. The Morgan fingerprint density at radius 3 is 2.37 bits per heavy atom. The topological polar surface area (TPSA) is 41.6 Å². The lowest BCUT2D eigenvalue weighted by atomic mass is 10.1. The third kappa shape index (κ3) is 10.4. The van der Waals surface area contributed by atoms with Crippen molar-refractivity contribution in [1.82, 2.24) is 4.90 Å². The van der Waals surface area contributed by atoms with Crippen LogP contribution in [-0.2, 0) is 6.54 Å². The number of hydrogen-bond acceptors (Lipinski definition) is 4. The summed E-state index contributed by atoms with van der Waals surface area (Å²) in [5.41, 5.74) is 2.62. The third-order valence-corrected chi connectivity index (χ3v) is 7.28. The number of nitrogens with one attached hydrogen (secondary N) is 1. The molecule has 0 atom stereocenters. The number of amides is 1. The van der Waals surface area contributed by atoms with E-state index in [9.17, 15) is 4.79 Å². The van der Waals surface area contributed by atoms with Gasteiger partial charge in [0.2, 0.25) is 0 Å². The summed E-state index contributed by atoms with van der Waals surface area (Å²) in [6.07, 6.45) is 15.3. The fourth-order valence-corrected chi connectivity index (χ4v) is 5.06. The second kappa shape index (κ2) is 15.6. The molecule has 0 unspecified atom stereocenters. The average Bonchev–Trinajstić information content (AvgIpc) is 3.27. The number of thioether (sulfide) groups is 1. The highest BCUT2D eigenvalue weighted by Gasteiger charge is 2.11. The second-order valence-electron chi connectivity index (χ2n) is 9.47. The van der Waals surface area contributed by atoms with Crippen molar-refractivity contribution in [3.63, 3.8) is 0 Å². The van der Waals surface area contributed by atoms with Crippen LogP contribution in [0.4, 0.5) is 5.69 Å². The predicted molar refractivity (Wildman–Crippen MR) is 150 cm³/mol. The number of carbonyl (C=O) groups is 1. The molecule has 5 heteroatoms. The van der Waals surface area contributed by atoms with Gasteiger partial charge in [-0.05, 0) is 54.1 Å². The number of anilines is 1. The molecule has 0 saturated heterocycles. The van der Waals surface area contributed by atoms with Gasteiger partial charge in [-0.3, -0.25) is 4.79 Å². The van der Waals surface area contributed by atoms with Crippen molar-refractivity contribution in [2.24, 2.45) is 0 Å². The quantitative estimate of drug-likeness (QED) is 0.237. The Hall–Kier alpha value is -2.40. The van der Waals surface area contributed by atoms with E-state index < -0.39 is 0 Å². The zero-order chi connectivity index (χ0) is 24.7. The largest absolute Gasteiger partial charge is 0.494 e. The molecular weight excluding hydrogens is 452 g/mol. The number of carbonyl (C=O) groups excluding carboxylic acids is 1. The molecule has 1 aliphatic rings. The first-order valence-electron chi connectivity index (χ1n) is 13.3. The molecule has 0 radical (unpaired) electrons. The van der Waals surface area contributed by atoms with Gasteiger partial charge in [0.15, 0.2) is 0 Å². The summed E-state index contributed by atoms with van der Waals surface area (Å²) in [7, 11) is 0. The third-order valence-electron chi connectivity index (χ3n) is 6.26. The molecule has 190 valence electrons. The van der Waals surface area contributed by atoms with Crippen LogP contribution >= 0.6 is 11.8 Å². The molecule has 3 rings (SSSR count). The fourth-order valence-electron chi connectivity index (χ4n) is 4.30. The minimum Gasteiger partial charge on any atom is -0.494 e. The number of rotatable bonds is 16. The highest BCUT2D eigenvalue weighted by molar-refractivity contribution is 8.03. The molecule has 0 bridgehead atoms. The normalized spacial score (nSPS) is 13.1. The molecule has 2 aromatic carbocycles. The van der Waals surface area contributed by atoms with Crippen molar-refractivity contribution in [3.05, 3.63) is 70.8 Å². The lowest BCUT2D eigenvalue weighted by molar-refractivity contribution is 0.102. The summed E-state index contributed by atoms with van der Waals surface area (Å²) in [4.78, 5) is 16.5. The standard InChI is InChI=1S/C30H42N2O2S/c1-3-4-5-6-7-8-9-10-11-12-19-34-29-18-14-16-27(21-29)30(33)31-28-17-13-15-26(20-28)23-32-22-25(2)35-24-32/h13-18,20-22H,3-12,19,23-24H2,1-2H3,(H,31,33). The van der Waals surface area contributed by atoms with Crippen LogP contribution in [0.2, 0.25) is 0 Å². The Kier molecular flexibility index (Phi) is 12.1. The molecule has 0 spiro atoms. The monoisotopic (exact) mass is 494 g/mol. The summed E-state index contributed by atoms with van der Waals surface area (Å²) < 4.78 is 5.93. The minimum absolute atomic E-state index is 0.112. The van der Waals surface area contributed by atoms with Gasteiger partial charge in [0.25, 0.3) is 5.91 Å². The molecule has 0 saturated carbocycles. The van der Waals surface area contributed by atoms with Crippen LogP contribution in [0.3, 0.4) is 0 Å². The Bertz CT molecular complexity index is 943. The summed E-state index contributed by atoms with van der Waals surface area (Å²) in [5, 5.41) is 3.04. The van der Waals surface area contributed by atoms with Gasteiger partial charge in [0.05, 0.1) is 12.5 Å². The van der Waals surface area contributed by atoms with Gasteiger partial charge in [-0.2, -0.15) is 0 Å². The molecule has 4 nitrogen and oxygen atoms in total. The van der Waals surface area contributed by atoms with Gasteiger partial charge in [-0.15, -0.1) is 11.8 Å². The summed E-state index contributed by atoms with van der Waals surface area (Å²) in [5.74, 6) is 1.63. The predicted octanol–water partition coefficient (Wildman–Crippen LogP) is 8.61. The van der Waals surface area contributed by atoms with Gasteiger partial charge >= 0.3 is 0 Å². The SMILES string of the molecule is CCCCCCCCCCCCOc1cccc(C(=O)Nc2cccc(CN3C=C(C)SC3)c2)c1. The zero-order valence-electron chi connectivity index (χ0n) is 21.6. The Morgan fingerprint density at radius 1 is 0.943 bits per heavy atom. The molecule has 1 N–H and O–H groups in total. The first-order chi connectivity index (χ1) is 17.1. The first kappa shape index (κ1) is 27.2. The van der Waals surface area contributed by atoms with E-state index in [4.69, 9.17) is 4.74 Å². The van der Waals surface area contributed by atoms with Crippen molar-refractivity contribution in [3.8, 4) is 5.75 Å². The minimum atomic E-state index is -0.112.